The van der Waals surface area contributed by atoms with Crippen molar-refractivity contribution in [2.75, 3.05) is 12.4 Å². The molecule has 0 aliphatic heterocycles. The Bertz CT molecular complexity index is 782. The summed E-state index contributed by atoms with van der Waals surface area (Å²) < 4.78 is 46.0. The van der Waals surface area contributed by atoms with Crippen LogP contribution < -0.4 is 5.32 Å². The van der Waals surface area contributed by atoms with Crippen molar-refractivity contribution in [1.29, 1.82) is 0 Å². The molecule has 1 aromatic carbocycles. The molecule has 0 aliphatic carbocycles. The Morgan fingerprint density at radius 3 is 2.44 bits per heavy atom. The second kappa shape index (κ2) is 8.61. The molecule has 1 atom stereocenters. The fourth-order valence-electron chi connectivity index (χ4n) is 3.20. The van der Waals surface area contributed by atoms with E-state index < -0.39 is 23.2 Å². The third kappa shape index (κ3) is 5.35. The minimum atomic E-state index is -4.63. The van der Waals surface area contributed by atoms with Crippen molar-refractivity contribution in [2.24, 2.45) is 5.92 Å². The molecule has 0 radical (unpaired) electrons. The molecule has 0 saturated heterocycles. The zero-order chi connectivity index (χ0) is 20.2. The normalized spacial score (nSPS) is 13.0. The van der Waals surface area contributed by atoms with Crippen LogP contribution >= 0.6 is 0 Å². The maximum absolute atomic E-state index is 13.3. The number of anilines is 1. The highest BCUT2D eigenvalue weighted by atomic mass is 19.4. The van der Waals surface area contributed by atoms with Crippen molar-refractivity contribution in [3.05, 3.63) is 53.3 Å². The van der Waals surface area contributed by atoms with E-state index in [2.05, 4.69) is 19.2 Å². The number of alkyl halides is 3. The van der Waals surface area contributed by atoms with Gasteiger partial charge in [0.05, 0.1) is 11.1 Å². The second-order valence-electron chi connectivity index (χ2n) is 7.09. The average Bonchev–Trinajstić information content (AvgIpc) is 2.99. The molecule has 1 amide bonds. The van der Waals surface area contributed by atoms with E-state index in [-0.39, 0.29) is 12.6 Å². The molecule has 0 saturated carbocycles. The van der Waals surface area contributed by atoms with Crippen LogP contribution in [0.4, 0.5) is 18.9 Å². The van der Waals surface area contributed by atoms with Gasteiger partial charge in [0.25, 0.3) is 5.91 Å². The number of ether oxygens (including phenoxy) is 1. The van der Waals surface area contributed by atoms with Gasteiger partial charge in [-0.25, -0.2) is 0 Å². The number of hydrogen-bond acceptors (Lipinski definition) is 2. The summed E-state index contributed by atoms with van der Waals surface area (Å²) in [5, 5.41) is 2.66. The largest absolute Gasteiger partial charge is 0.418 e. The van der Waals surface area contributed by atoms with E-state index in [0.717, 1.165) is 24.4 Å². The molecule has 2 aromatic rings. The minimum Gasteiger partial charge on any atom is -0.364 e. The fraction of sp³-hybridized carbons (Fsp3) is 0.450. The van der Waals surface area contributed by atoms with E-state index in [4.69, 9.17) is 4.74 Å². The van der Waals surface area contributed by atoms with Crippen molar-refractivity contribution in [3.8, 4) is 0 Å². The van der Waals surface area contributed by atoms with Crippen LogP contribution in [0.25, 0.3) is 0 Å². The van der Waals surface area contributed by atoms with Crippen molar-refractivity contribution in [1.82, 2.24) is 4.57 Å². The third-order valence-electron chi connectivity index (χ3n) is 4.27. The van der Waals surface area contributed by atoms with Gasteiger partial charge in [-0.05, 0) is 29.9 Å². The number of halogens is 3. The van der Waals surface area contributed by atoms with E-state index in [1.165, 1.54) is 11.7 Å². The summed E-state index contributed by atoms with van der Waals surface area (Å²) in [5.74, 6) is -0.160. The number of methoxy groups -OCH3 is 1. The Hall–Kier alpha value is -2.28. The second-order valence-corrected chi connectivity index (χ2v) is 7.09. The molecule has 4 nitrogen and oxygen atoms in total. The fourth-order valence-corrected chi connectivity index (χ4v) is 3.20. The van der Waals surface area contributed by atoms with E-state index in [1.807, 2.05) is 19.1 Å². The molecule has 1 heterocycles. The maximum atomic E-state index is 13.3. The number of carbonyl (C=O) groups excluding carboxylic acids is 1. The number of carbonyl (C=O) groups is 1. The first-order valence-corrected chi connectivity index (χ1v) is 8.79. The molecule has 2 rings (SSSR count). The zero-order valence-electron chi connectivity index (χ0n) is 15.9. The summed E-state index contributed by atoms with van der Waals surface area (Å²) in [6.45, 7) is 6.18. The van der Waals surface area contributed by atoms with Crippen molar-refractivity contribution in [3.63, 3.8) is 0 Å². The van der Waals surface area contributed by atoms with Crippen molar-refractivity contribution >= 4 is 11.6 Å². The summed E-state index contributed by atoms with van der Waals surface area (Å²) in [6, 6.07) is 7.22. The van der Waals surface area contributed by atoms with Gasteiger partial charge in [0.15, 0.2) is 0 Å². The van der Waals surface area contributed by atoms with Crippen LogP contribution in [0.15, 0.2) is 36.7 Å². The summed E-state index contributed by atoms with van der Waals surface area (Å²) in [4.78, 5) is 12.6. The number of amides is 1. The molecular formula is C20H25F3N2O2. The molecule has 148 valence electrons. The molecule has 0 bridgehead atoms. The van der Waals surface area contributed by atoms with Gasteiger partial charge in [-0.3, -0.25) is 4.79 Å². The first kappa shape index (κ1) is 21.0. The monoisotopic (exact) mass is 382 g/mol. The van der Waals surface area contributed by atoms with E-state index in [0.29, 0.717) is 11.6 Å². The quantitative estimate of drug-likeness (QED) is 0.686. The van der Waals surface area contributed by atoms with Gasteiger partial charge in [-0.1, -0.05) is 39.0 Å². The van der Waals surface area contributed by atoms with E-state index in [1.54, 1.807) is 12.1 Å². The Morgan fingerprint density at radius 1 is 1.19 bits per heavy atom. The average molecular weight is 382 g/mol. The number of benzene rings is 1. The Balaban J connectivity index is 2.33. The lowest BCUT2D eigenvalue weighted by atomic mass is 9.91. The molecule has 7 heteroatoms. The lowest BCUT2D eigenvalue weighted by molar-refractivity contribution is -0.137. The predicted octanol–water partition coefficient (Wildman–Crippen LogP) is 5.51. The van der Waals surface area contributed by atoms with E-state index >= 15 is 0 Å². The first-order valence-electron chi connectivity index (χ1n) is 8.79. The van der Waals surface area contributed by atoms with Gasteiger partial charge < -0.3 is 14.6 Å². The minimum absolute atomic E-state index is 0.0711. The Labute approximate surface area is 157 Å². The molecule has 27 heavy (non-hydrogen) atoms. The van der Waals surface area contributed by atoms with Crippen LogP contribution in [0.1, 0.15) is 54.6 Å². The van der Waals surface area contributed by atoms with Crippen molar-refractivity contribution in [2.45, 2.75) is 46.0 Å². The highest BCUT2D eigenvalue weighted by Crippen LogP contribution is 2.34. The molecule has 1 aromatic heterocycles. The topological polar surface area (TPSA) is 43.3 Å². The summed E-state index contributed by atoms with van der Waals surface area (Å²) in [6.07, 6.45) is -1.69. The molecule has 1 N–H and O–H groups in total. The number of hydrogen-bond donors (Lipinski definition) is 1. The predicted molar refractivity (Wildman–Crippen MR) is 98.7 cm³/mol. The molecule has 0 fully saturated rings. The standard InChI is InChI=1S/C20H25F3N2O2/c1-13(2)9-14(3)15-7-5-6-8-18(15)24-19(26)16-10-25(12-27-4)11-17(16)20(21,22)23/h5-8,10-11,13-14H,9,12H2,1-4H3,(H,24,26). The number of nitrogens with zero attached hydrogens (tertiary/aromatic N) is 1. The smallest absolute Gasteiger partial charge is 0.364 e. The SMILES string of the molecule is COCn1cc(C(=O)Nc2ccccc2C(C)CC(C)C)c(C(F)(F)F)c1. The molecule has 0 aliphatic rings. The zero-order valence-corrected chi connectivity index (χ0v) is 15.9. The maximum Gasteiger partial charge on any atom is 0.418 e. The van der Waals surface area contributed by atoms with Crippen molar-refractivity contribution < 1.29 is 22.7 Å². The van der Waals surface area contributed by atoms with E-state index in [9.17, 15) is 18.0 Å². The van der Waals surface area contributed by atoms with Gasteiger partial charge in [0, 0.05) is 25.2 Å². The Morgan fingerprint density at radius 2 is 1.85 bits per heavy atom. The molecular weight excluding hydrogens is 357 g/mol. The van der Waals surface area contributed by atoms with Crippen LogP contribution in [0.2, 0.25) is 0 Å². The summed E-state index contributed by atoms with van der Waals surface area (Å²) in [5.41, 5.74) is 0.0309. The van der Waals surface area contributed by atoms with Crippen LogP contribution in [0.3, 0.4) is 0 Å². The molecule has 1 unspecified atom stereocenters. The summed E-state index contributed by atoms with van der Waals surface area (Å²) >= 11 is 0. The highest BCUT2D eigenvalue weighted by Gasteiger charge is 2.37. The summed E-state index contributed by atoms with van der Waals surface area (Å²) in [7, 11) is 1.37. The van der Waals surface area contributed by atoms with Gasteiger partial charge in [0.2, 0.25) is 0 Å². The lowest BCUT2D eigenvalue weighted by Gasteiger charge is -2.19. The highest BCUT2D eigenvalue weighted by molar-refractivity contribution is 6.05. The third-order valence-corrected chi connectivity index (χ3v) is 4.27. The Kier molecular flexibility index (Phi) is 6.70. The van der Waals surface area contributed by atoms with Gasteiger partial charge in [-0.2, -0.15) is 13.2 Å². The van der Waals surface area contributed by atoms with Gasteiger partial charge >= 0.3 is 6.18 Å². The number of nitrogens with one attached hydrogen (secondary N) is 1. The van der Waals surface area contributed by atoms with Crippen LogP contribution in [-0.2, 0) is 17.6 Å². The van der Waals surface area contributed by atoms with Crippen LogP contribution in [0.5, 0.6) is 0 Å². The van der Waals surface area contributed by atoms with Gasteiger partial charge in [-0.15, -0.1) is 0 Å². The van der Waals surface area contributed by atoms with Gasteiger partial charge in [0.1, 0.15) is 6.73 Å². The molecule has 0 spiro atoms. The first-order chi connectivity index (χ1) is 12.6. The number of para-hydroxylation sites is 1. The van der Waals surface area contributed by atoms with Crippen LogP contribution in [0, 0.1) is 5.92 Å². The number of rotatable bonds is 7. The number of aromatic nitrogens is 1. The lowest BCUT2D eigenvalue weighted by Crippen LogP contribution is -2.18. The van der Waals surface area contributed by atoms with Crippen LogP contribution in [-0.4, -0.2) is 17.6 Å².